The van der Waals surface area contributed by atoms with Gasteiger partial charge in [0, 0.05) is 33.2 Å². The van der Waals surface area contributed by atoms with Crippen molar-refractivity contribution in [2.45, 2.75) is 24.2 Å². The molecule has 1 aliphatic rings. The Balaban J connectivity index is 0.00000338. The number of hydrogen-bond donors (Lipinski definition) is 3. The van der Waals surface area contributed by atoms with E-state index in [2.05, 4.69) is 25.2 Å². The first-order valence-corrected chi connectivity index (χ1v) is 10.3. The van der Waals surface area contributed by atoms with Crippen LogP contribution in [0.3, 0.4) is 0 Å². The monoisotopic (exact) mass is 495 g/mol. The van der Waals surface area contributed by atoms with Crippen molar-refractivity contribution in [3.8, 4) is 0 Å². The Morgan fingerprint density at radius 1 is 1.04 bits per heavy atom. The number of piperidine rings is 1. The Morgan fingerprint density at radius 2 is 1.69 bits per heavy atom. The molecule has 148 valence electrons. The second kappa shape index (κ2) is 12.5. The molecule has 26 heavy (non-hydrogen) atoms. The van der Waals surface area contributed by atoms with E-state index in [9.17, 15) is 8.42 Å². The molecule has 1 fully saturated rings. The summed E-state index contributed by atoms with van der Waals surface area (Å²) in [5.41, 5.74) is 0. The van der Waals surface area contributed by atoms with Crippen LogP contribution in [0.4, 0.5) is 0 Å². The molecule has 2 rings (SSSR count). The number of halogens is 1. The molecule has 1 heterocycles. The minimum atomic E-state index is -3.45. The van der Waals surface area contributed by atoms with Crippen molar-refractivity contribution in [3.05, 3.63) is 30.3 Å². The Kier molecular flexibility index (Phi) is 11.1. The van der Waals surface area contributed by atoms with Crippen LogP contribution in [-0.2, 0) is 10.0 Å². The standard InChI is InChI=1S/C17H29N5O2S.HI/c1-18-17(20-12-15-22-13-6-3-7-14-22)19-10-11-21-25(23,24)16-8-4-2-5-9-16;/h2,4-5,8-9,21H,3,6-7,10-15H2,1H3,(H2,18,19,20);1H. The molecule has 0 unspecified atom stereocenters. The topological polar surface area (TPSA) is 85.8 Å². The van der Waals surface area contributed by atoms with E-state index in [1.807, 2.05) is 0 Å². The largest absolute Gasteiger partial charge is 0.355 e. The minimum absolute atomic E-state index is 0. The van der Waals surface area contributed by atoms with Gasteiger partial charge in [-0.3, -0.25) is 4.99 Å². The average Bonchev–Trinajstić information content (AvgIpc) is 2.65. The fourth-order valence-electron chi connectivity index (χ4n) is 2.79. The molecule has 0 atom stereocenters. The molecule has 1 aliphatic heterocycles. The van der Waals surface area contributed by atoms with Crippen LogP contribution in [0, 0.1) is 0 Å². The first-order valence-electron chi connectivity index (χ1n) is 8.83. The second-order valence-corrected chi connectivity index (χ2v) is 7.81. The van der Waals surface area contributed by atoms with Crippen LogP contribution < -0.4 is 15.4 Å². The zero-order valence-electron chi connectivity index (χ0n) is 15.3. The van der Waals surface area contributed by atoms with E-state index in [1.165, 1.54) is 32.4 Å². The third-order valence-electron chi connectivity index (χ3n) is 4.16. The van der Waals surface area contributed by atoms with Crippen LogP contribution in [0.15, 0.2) is 40.2 Å². The van der Waals surface area contributed by atoms with Crippen molar-refractivity contribution >= 4 is 40.0 Å². The lowest BCUT2D eigenvalue weighted by Gasteiger charge is -2.26. The normalized spacial score (nSPS) is 16.0. The van der Waals surface area contributed by atoms with Crippen LogP contribution in [0.25, 0.3) is 0 Å². The third kappa shape index (κ3) is 8.19. The van der Waals surface area contributed by atoms with E-state index in [1.54, 1.807) is 37.4 Å². The maximum absolute atomic E-state index is 12.1. The molecule has 0 radical (unpaired) electrons. The fourth-order valence-corrected chi connectivity index (χ4v) is 3.84. The maximum atomic E-state index is 12.1. The summed E-state index contributed by atoms with van der Waals surface area (Å²) in [5.74, 6) is 0.691. The fraction of sp³-hybridized carbons (Fsp3) is 0.588. The lowest BCUT2D eigenvalue weighted by atomic mass is 10.1. The van der Waals surface area contributed by atoms with Gasteiger partial charge in [0.2, 0.25) is 10.0 Å². The first kappa shape index (κ1) is 23.1. The molecule has 0 bridgehead atoms. The smallest absolute Gasteiger partial charge is 0.240 e. The number of rotatable bonds is 8. The molecule has 0 saturated carbocycles. The van der Waals surface area contributed by atoms with Crippen molar-refractivity contribution in [3.63, 3.8) is 0 Å². The zero-order valence-corrected chi connectivity index (χ0v) is 18.4. The van der Waals surface area contributed by atoms with Gasteiger partial charge in [-0.1, -0.05) is 24.6 Å². The molecule has 1 aromatic carbocycles. The minimum Gasteiger partial charge on any atom is -0.355 e. The molecular weight excluding hydrogens is 465 g/mol. The van der Waals surface area contributed by atoms with Gasteiger partial charge in [0.15, 0.2) is 5.96 Å². The Hall–Kier alpha value is -0.910. The van der Waals surface area contributed by atoms with Gasteiger partial charge < -0.3 is 15.5 Å². The highest BCUT2D eigenvalue weighted by Crippen LogP contribution is 2.07. The van der Waals surface area contributed by atoms with Gasteiger partial charge in [0.05, 0.1) is 4.90 Å². The number of hydrogen-bond acceptors (Lipinski definition) is 4. The molecular formula is C17H30IN5O2S. The third-order valence-corrected chi connectivity index (χ3v) is 5.63. The van der Waals surface area contributed by atoms with Crippen LogP contribution >= 0.6 is 24.0 Å². The van der Waals surface area contributed by atoms with Crippen molar-refractivity contribution in [1.29, 1.82) is 0 Å². The predicted octanol–water partition coefficient (Wildman–Crippen LogP) is 1.23. The summed E-state index contributed by atoms with van der Waals surface area (Å²) in [6.45, 7) is 4.94. The van der Waals surface area contributed by atoms with Crippen molar-refractivity contribution in [2.24, 2.45) is 4.99 Å². The van der Waals surface area contributed by atoms with Crippen LogP contribution in [-0.4, -0.2) is 65.6 Å². The van der Waals surface area contributed by atoms with Crippen molar-refractivity contribution in [1.82, 2.24) is 20.3 Å². The summed E-state index contributed by atoms with van der Waals surface area (Å²) in [7, 11) is -1.74. The summed E-state index contributed by atoms with van der Waals surface area (Å²) < 4.78 is 26.8. The number of benzene rings is 1. The van der Waals surface area contributed by atoms with Gasteiger partial charge >= 0.3 is 0 Å². The van der Waals surface area contributed by atoms with Gasteiger partial charge in [0.25, 0.3) is 0 Å². The number of guanidine groups is 1. The molecule has 9 heteroatoms. The lowest BCUT2D eigenvalue weighted by Crippen LogP contribution is -2.44. The molecule has 0 spiro atoms. The Bertz CT molecular complexity index is 634. The SMILES string of the molecule is CN=C(NCCNS(=O)(=O)c1ccccc1)NCCN1CCCCC1.I. The van der Waals surface area contributed by atoms with Crippen LogP contribution in [0.2, 0.25) is 0 Å². The predicted molar refractivity (Wildman–Crippen MR) is 117 cm³/mol. The van der Waals surface area contributed by atoms with Crippen LogP contribution in [0.5, 0.6) is 0 Å². The van der Waals surface area contributed by atoms with E-state index in [0.717, 1.165) is 13.1 Å². The maximum Gasteiger partial charge on any atom is 0.240 e. The molecule has 0 amide bonds. The van der Waals surface area contributed by atoms with E-state index < -0.39 is 10.0 Å². The van der Waals surface area contributed by atoms with Crippen molar-refractivity contribution in [2.75, 3.05) is 46.3 Å². The molecule has 1 saturated heterocycles. The Morgan fingerprint density at radius 3 is 2.35 bits per heavy atom. The molecule has 1 aromatic rings. The first-order chi connectivity index (χ1) is 12.1. The molecule has 7 nitrogen and oxygen atoms in total. The van der Waals surface area contributed by atoms with Gasteiger partial charge in [-0.05, 0) is 38.1 Å². The van der Waals surface area contributed by atoms with Crippen molar-refractivity contribution < 1.29 is 8.42 Å². The van der Waals surface area contributed by atoms with E-state index >= 15 is 0 Å². The highest BCUT2D eigenvalue weighted by molar-refractivity contribution is 14.0. The van der Waals surface area contributed by atoms with Gasteiger partial charge in [0.1, 0.15) is 0 Å². The van der Waals surface area contributed by atoms with Gasteiger partial charge in [-0.2, -0.15) is 0 Å². The molecule has 0 aromatic heterocycles. The second-order valence-electron chi connectivity index (χ2n) is 6.04. The summed E-state index contributed by atoms with van der Waals surface area (Å²) >= 11 is 0. The number of sulfonamides is 1. The summed E-state index contributed by atoms with van der Waals surface area (Å²) in [6, 6.07) is 8.37. The summed E-state index contributed by atoms with van der Waals surface area (Å²) in [6.07, 6.45) is 3.91. The quantitative estimate of drug-likeness (QED) is 0.219. The highest BCUT2D eigenvalue weighted by atomic mass is 127. The highest BCUT2D eigenvalue weighted by Gasteiger charge is 2.12. The van der Waals surface area contributed by atoms with Crippen LogP contribution in [0.1, 0.15) is 19.3 Å². The van der Waals surface area contributed by atoms with E-state index in [4.69, 9.17) is 0 Å². The summed E-state index contributed by atoms with van der Waals surface area (Å²) in [4.78, 5) is 6.89. The summed E-state index contributed by atoms with van der Waals surface area (Å²) in [5, 5.41) is 6.39. The lowest BCUT2D eigenvalue weighted by molar-refractivity contribution is 0.232. The van der Waals surface area contributed by atoms with Gasteiger partial charge in [-0.15, -0.1) is 24.0 Å². The zero-order chi connectivity index (χ0) is 18.0. The number of nitrogens with one attached hydrogen (secondary N) is 3. The van der Waals surface area contributed by atoms with E-state index in [-0.39, 0.29) is 28.9 Å². The number of nitrogens with zero attached hydrogens (tertiary/aromatic N) is 2. The van der Waals surface area contributed by atoms with E-state index in [0.29, 0.717) is 19.0 Å². The molecule has 0 aliphatic carbocycles. The Labute approximate surface area is 174 Å². The molecule has 3 N–H and O–H groups in total. The average molecular weight is 495 g/mol. The van der Waals surface area contributed by atoms with Gasteiger partial charge in [-0.25, -0.2) is 13.1 Å². The number of likely N-dealkylation sites (tertiary alicyclic amines) is 1. The number of aliphatic imine (C=N–C) groups is 1.